The van der Waals surface area contributed by atoms with Crippen molar-refractivity contribution in [1.29, 1.82) is 0 Å². The van der Waals surface area contributed by atoms with Gasteiger partial charge < -0.3 is 19.9 Å². The molecule has 1 fully saturated rings. The molecule has 0 unspecified atom stereocenters. The van der Waals surface area contributed by atoms with E-state index in [-0.39, 0.29) is 17.6 Å². The zero-order chi connectivity index (χ0) is 22.8. The van der Waals surface area contributed by atoms with Crippen molar-refractivity contribution in [1.82, 2.24) is 19.8 Å². The van der Waals surface area contributed by atoms with Gasteiger partial charge in [-0.25, -0.2) is 4.79 Å². The van der Waals surface area contributed by atoms with Gasteiger partial charge in [0.15, 0.2) is 5.11 Å². The predicted molar refractivity (Wildman–Crippen MR) is 130 cm³/mol. The lowest BCUT2D eigenvalue weighted by Gasteiger charge is -2.29. The molecule has 6 nitrogen and oxygen atoms in total. The average molecular weight is 455 g/mol. The number of aromatic carboxylic acids is 1. The number of pyridine rings is 1. The van der Waals surface area contributed by atoms with Gasteiger partial charge in [-0.3, -0.25) is 4.98 Å². The number of nitrogens with one attached hydrogen (secondary N) is 1. The third-order valence-electron chi connectivity index (χ3n) is 5.87. The van der Waals surface area contributed by atoms with Gasteiger partial charge in [-0.1, -0.05) is 36.4 Å². The third kappa shape index (κ3) is 4.10. The van der Waals surface area contributed by atoms with Crippen molar-refractivity contribution >= 4 is 23.3 Å². The van der Waals surface area contributed by atoms with Crippen molar-refractivity contribution in [3.8, 4) is 5.69 Å². The first-order valence-electron chi connectivity index (χ1n) is 10.6. The molecule has 1 aliphatic rings. The van der Waals surface area contributed by atoms with Crippen LogP contribution in [0, 0.1) is 0 Å². The van der Waals surface area contributed by atoms with E-state index >= 15 is 0 Å². The van der Waals surface area contributed by atoms with Gasteiger partial charge in [0, 0.05) is 30.3 Å². The number of carbonyl (C=O) groups is 1. The molecule has 0 aliphatic carbocycles. The van der Waals surface area contributed by atoms with E-state index < -0.39 is 5.97 Å². The number of aromatic nitrogens is 2. The zero-order valence-corrected chi connectivity index (χ0v) is 18.5. The molecule has 1 aliphatic heterocycles. The van der Waals surface area contributed by atoms with Crippen molar-refractivity contribution in [3.05, 3.63) is 120 Å². The van der Waals surface area contributed by atoms with Crippen LogP contribution in [0.25, 0.3) is 5.69 Å². The summed E-state index contributed by atoms with van der Waals surface area (Å²) >= 11 is 5.79. The van der Waals surface area contributed by atoms with Crippen LogP contribution in [0.15, 0.2) is 97.3 Å². The maximum Gasteiger partial charge on any atom is 0.335 e. The lowest BCUT2D eigenvalue weighted by atomic mass is 10.0. The first-order chi connectivity index (χ1) is 16.1. The Kier molecular flexibility index (Phi) is 5.62. The second-order valence-electron chi connectivity index (χ2n) is 7.90. The Morgan fingerprint density at radius 1 is 0.970 bits per heavy atom. The molecular formula is C26H22N4O2S. The molecule has 0 radical (unpaired) electrons. The van der Waals surface area contributed by atoms with E-state index in [9.17, 15) is 9.90 Å². The van der Waals surface area contributed by atoms with Gasteiger partial charge >= 0.3 is 5.97 Å². The highest BCUT2D eigenvalue weighted by Gasteiger charge is 2.41. The first-order valence-corrected chi connectivity index (χ1v) is 11.1. The van der Waals surface area contributed by atoms with E-state index in [1.54, 1.807) is 18.3 Å². The van der Waals surface area contributed by atoms with Crippen molar-refractivity contribution in [2.75, 3.05) is 0 Å². The van der Waals surface area contributed by atoms with E-state index in [2.05, 4.69) is 38.0 Å². The number of thiocarbonyl (C=S) groups is 1. The quantitative estimate of drug-likeness (QED) is 0.410. The van der Waals surface area contributed by atoms with Crippen LogP contribution in [0.2, 0.25) is 0 Å². The lowest BCUT2D eigenvalue weighted by molar-refractivity contribution is 0.0697. The van der Waals surface area contributed by atoms with Crippen molar-refractivity contribution < 1.29 is 9.90 Å². The van der Waals surface area contributed by atoms with Crippen LogP contribution in [0.3, 0.4) is 0 Å². The molecule has 4 aromatic rings. The molecule has 0 bridgehead atoms. The maximum absolute atomic E-state index is 11.3. The van der Waals surface area contributed by atoms with Gasteiger partial charge in [-0.15, -0.1) is 0 Å². The van der Waals surface area contributed by atoms with Crippen LogP contribution in [-0.2, 0) is 6.54 Å². The van der Waals surface area contributed by atoms with Crippen molar-refractivity contribution in [2.24, 2.45) is 0 Å². The number of benzene rings is 2. The summed E-state index contributed by atoms with van der Waals surface area (Å²) in [5.41, 5.74) is 4.26. The molecule has 5 rings (SSSR count). The standard InChI is InChI=1S/C26H22N4O2S/c31-25(32)19-11-13-20(14-12-19)29-16-6-10-22(29)24-23(21-9-4-5-15-27-21)28-26(33)30(24)17-18-7-2-1-3-8-18/h1-16,23-24H,17H2,(H,28,33)(H,31,32)/t23-,24-/m0/s1. The summed E-state index contributed by atoms with van der Waals surface area (Å²) in [5, 5.41) is 13.4. The summed E-state index contributed by atoms with van der Waals surface area (Å²) in [5.74, 6) is -0.941. The summed E-state index contributed by atoms with van der Waals surface area (Å²) in [6, 6.07) is 26.9. The Labute approximate surface area is 197 Å². The fraction of sp³-hybridized carbons (Fsp3) is 0.115. The largest absolute Gasteiger partial charge is 0.478 e. The second kappa shape index (κ2) is 8.88. The Bertz CT molecular complexity index is 1270. The number of nitrogens with zero attached hydrogens (tertiary/aromatic N) is 3. The molecule has 3 heterocycles. The fourth-order valence-electron chi connectivity index (χ4n) is 4.31. The summed E-state index contributed by atoms with van der Waals surface area (Å²) in [7, 11) is 0. The minimum atomic E-state index is -0.941. The summed E-state index contributed by atoms with van der Waals surface area (Å²) < 4.78 is 2.08. The molecule has 33 heavy (non-hydrogen) atoms. The van der Waals surface area contributed by atoms with E-state index in [4.69, 9.17) is 12.2 Å². The number of carboxylic acids is 1. The van der Waals surface area contributed by atoms with Crippen LogP contribution >= 0.6 is 12.2 Å². The highest BCUT2D eigenvalue weighted by Crippen LogP contribution is 2.40. The van der Waals surface area contributed by atoms with Crippen LogP contribution in [-0.4, -0.2) is 30.6 Å². The molecule has 1 saturated heterocycles. The Balaban J connectivity index is 1.58. The normalized spacial score (nSPS) is 17.7. The van der Waals surface area contributed by atoms with E-state index in [0.717, 1.165) is 22.6 Å². The zero-order valence-electron chi connectivity index (χ0n) is 17.7. The number of hydrogen-bond acceptors (Lipinski definition) is 3. The average Bonchev–Trinajstić information content (AvgIpc) is 3.45. The molecule has 2 aromatic heterocycles. The summed E-state index contributed by atoms with van der Waals surface area (Å²) in [4.78, 5) is 18.1. The maximum atomic E-state index is 11.3. The summed E-state index contributed by atoms with van der Waals surface area (Å²) in [6.07, 6.45) is 3.78. The van der Waals surface area contributed by atoms with Crippen LogP contribution in [0.4, 0.5) is 0 Å². The van der Waals surface area contributed by atoms with Gasteiger partial charge in [-0.05, 0) is 66.3 Å². The molecule has 0 spiro atoms. The smallest absolute Gasteiger partial charge is 0.335 e. The number of carboxylic acid groups (broad SMARTS) is 1. The van der Waals surface area contributed by atoms with Crippen LogP contribution in [0.5, 0.6) is 0 Å². The Morgan fingerprint density at radius 2 is 1.73 bits per heavy atom. The highest BCUT2D eigenvalue weighted by atomic mass is 32.1. The molecule has 2 N–H and O–H groups in total. The molecule has 2 atom stereocenters. The lowest BCUT2D eigenvalue weighted by Crippen LogP contribution is -2.30. The van der Waals surface area contributed by atoms with Crippen LogP contribution in [0.1, 0.15) is 39.4 Å². The SMILES string of the molecule is O=C(O)c1ccc(-n2cccc2[C@H]2[C@H](c3ccccn3)NC(=S)N2Cc2ccccc2)cc1. The fourth-order valence-corrected chi connectivity index (χ4v) is 4.62. The van der Waals surface area contributed by atoms with Crippen LogP contribution < -0.4 is 5.32 Å². The van der Waals surface area contributed by atoms with Crippen molar-refractivity contribution in [3.63, 3.8) is 0 Å². The third-order valence-corrected chi connectivity index (χ3v) is 6.22. The minimum absolute atomic E-state index is 0.109. The van der Waals surface area contributed by atoms with Gasteiger partial charge in [0.1, 0.15) is 0 Å². The highest BCUT2D eigenvalue weighted by molar-refractivity contribution is 7.80. The molecule has 0 amide bonds. The van der Waals surface area contributed by atoms with E-state index in [1.165, 1.54) is 0 Å². The predicted octanol–water partition coefficient (Wildman–Crippen LogP) is 4.74. The minimum Gasteiger partial charge on any atom is -0.478 e. The molecule has 7 heteroatoms. The molecular weight excluding hydrogens is 432 g/mol. The van der Waals surface area contributed by atoms with Gasteiger partial charge in [0.2, 0.25) is 0 Å². The molecule has 164 valence electrons. The van der Waals surface area contributed by atoms with Gasteiger partial charge in [0.25, 0.3) is 0 Å². The van der Waals surface area contributed by atoms with E-state index in [1.807, 2.05) is 60.8 Å². The topological polar surface area (TPSA) is 70.4 Å². The van der Waals surface area contributed by atoms with Gasteiger partial charge in [-0.2, -0.15) is 0 Å². The Hall–Kier alpha value is -3.97. The van der Waals surface area contributed by atoms with Gasteiger partial charge in [0.05, 0.1) is 23.3 Å². The number of rotatable bonds is 6. The Morgan fingerprint density at radius 3 is 2.42 bits per heavy atom. The second-order valence-corrected chi connectivity index (χ2v) is 8.28. The van der Waals surface area contributed by atoms with E-state index in [0.29, 0.717) is 11.7 Å². The molecule has 0 saturated carbocycles. The van der Waals surface area contributed by atoms with Crippen molar-refractivity contribution in [2.45, 2.75) is 18.6 Å². The summed E-state index contributed by atoms with van der Waals surface area (Å²) in [6.45, 7) is 0.657. The number of hydrogen-bond donors (Lipinski definition) is 2. The molecule has 2 aromatic carbocycles. The first kappa shape index (κ1) is 20.9. The monoisotopic (exact) mass is 454 g/mol.